The molecular weight excluding hydrogens is 200 g/mol. The average molecular weight is 215 g/mol. The molecule has 0 radical (unpaired) electrons. The quantitative estimate of drug-likeness (QED) is 0.837. The Bertz CT molecular complexity index is 339. The molecule has 0 aromatic heterocycles. The molecule has 0 heterocycles. The molecule has 84 valence electrons. The molecule has 4 heteroatoms. The first-order chi connectivity index (χ1) is 7.01. The van der Waals surface area contributed by atoms with Crippen LogP contribution in [-0.2, 0) is 5.92 Å². The molecule has 1 rings (SSSR count). The first-order valence-electron chi connectivity index (χ1n) is 4.83. The molecule has 0 amide bonds. The molecule has 0 fully saturated rings. The molecule has 0 bridgehead atoms. The van der Waals surface area contributed by atoms with Gasteiger partial charge in [-0.3, -0.25) is 0 Å². The van der Waals surface area contributed by atoms with E-state index in [2.05, 4.69) is 0 Å². The molecule has 0 aliphatic rings. The number of benzene rings is 1. The van der Waals surface area contributed by atoms with Gasteiger partial charge in [-0.25, -0.2) is 0 Å². The van der Waals surface area contributed by atoms with Crippen molar-refractivity contribution in [1.29, 1.82) is 0 Å². The number of hydrogen-bond acceptors (Lipinski definition) is 2. The maximum atomic E-state index is 13.3. The maximum Gasteiger partial charge on any atom is 0.285 e. The Kier molecular flexibility index (Phi) is 3.63. The third-order valence-electron chi connectivity index (χ3n) is 2.16. The highest BCUT2D eigenvalue weighted by molar-refractivity contribution is 5.37. The number of aryl methyl sites for hydroxylation is 1. The second-order valence-electron chi connectivity index (χ2n) is 3.32. The predicted octanol–water partition coefficient (Wildman–Crippen LogP) is 2.44. The summed E-state index contributed by atoms with van der Waals surface area (Å²) in [5.41, 5.74) is 5.49. The van der Waals surface area contributed by atoms with Crippen LogP contribution in [0.25, 0.3) is 0 Å². The van der Waals surface area contributed by atoms with Crippen LogP contribution in [0.5, 0.6) is 5.75 Å². The zero-order valence-electron chi connectivity index (χ0n) is 8.89. The highest BCUT2D eigenvalue weighted by Crippen LogP contribution is 2.31. The minimum absolute atomic E-state index is 0.0338. The Morgan fingerprint density at radius 1 is 1.40 bits per heavy atom. The van der Waals surface area contributed by atoms with Gasteiger partial charge in [0.2, 0.25) is 0 Å². The molecule has 0 aliphatic carbocycles. The van der Waals surface area contributed by atoms with Crippen LogP contribution in [0.3, 0.4) is 0 Å². The first kappa shape index (κ1) is 11.9. The van der Waals surface area contributed by atoms with E-state index in [9.17, 15) is 8.78 Å². The van der Waals surface area contributed by atoms with E-state index >= 15 is 0 Å². The van der Waals surface area contributed by atoms with Crippen molar-refractivity contribution in [3.8, 4) is 5.75 Å². The fourth-order valence-corrected chi connectivity index (χ4v) is 1.41. The van der Waals surface area contributed by atoms with Crippen molar-refractivity contribution in [2.24, 2.45) is 5.73 Å². The number of ether oxygens (including phenoxy) is 1. The lowest BCUT2D eigenvalue weighted by Crippen LogP contribution is -2.25. The summed E-state index contributed by atoms with van der Waals surface area (Å²) in [5.74, 6) is -2.36. The van der Waals surface area contributed by atoms with E-state index in [1.807, 2.05) is 6.92 Å². The van der Waals surface area contributed by atoms with E-state index in [-0.39, 0.29) is 5.56 Å². The van der Waals surface area contributed by atoms with Crippen LogP contribution in [0.1, 0.15) is 18.1 Å². The van der Waals surface area contributed by atoms with Crippen LogP contribution in [-0.4, -0.2) is 13.2 Å². The minimum atomic E-state index is -2.96. The van der Waals surface area contributed by atoms with Crippen molar-refractivity contribution < 1.29 is 13.5 Å². The summed E-state index contributed by atoms with van der Waals surface area (Å²) in [6.07, 6.45) is 0. The van der Waals surface area contributed by atoms with Gasteiger partial charge in [-0.2, -0.15) is 8.78 Å². The van der Waals surface area contributed by atoms with Gasteiger partial charge in [-0.15, -0.1) is 0 Å². The fraction of sp³-hybridized carbons (Fsp3) is 0.455. The third-order valence-corrected chi connectivity index (χ3v) is 2.16. The smallest absolute Gasteiger partial charge is 0.285 e. The van der Waals surface area contributed by atoms with Crippen LogP contribution >= 0.6 is 0 Å². The van der Waals surface area contributed by atoms with E-state index in [4.69, 9.17) is 10.5 Å². The molecule has 0 saturated heterocycles. The van der Waals surface area contributed by atoms with E-state index in [0.29, 0.717) is 17.9 Å². The van der Waals surface area contributed by atoms with Gasteiger partial charge < -0.3 is 10.5 Å². The Hall–Kier alpha value is -1.16. The number of alkyl halides is 2. The highest BCUT2D eigenvalue weighted by Gasteiger charge is 2.31. The summed E-state index contributed by atoms with van der Waals surface area (Å²) in [4.78, 5) is 0. The molecule has 1 aromatic rings. The topological polar surface area (TPSA) is 35.2 Å². The summed E-state index contributed by atoms with van der Waals surface area (Å²) >= 11 is 0. The van der Waals surface area contributed by atoms with E-state index in [0.717, 1.165) is 0 Å². The maximum absolute atomic E-state index is 13.3. The number of halogens is 2. The molecule has 0 unspecified atom stereocenters. The summed E-state index contributed by atoms with van der Waals surface area (Å²) in [6.45, 7) is 3.31. The van der Waals surface area contributed by atoms with Gasteiger partial charge in [0.25, 0.3) is 5.92 Å². The fourth-order valence-electron chi connectivity index (χ4n) is 1.41. The Labute approximate surface area is 88.0 Å². The number of rotatable bonds is 4. The lowest BCUT2D eigenvalue weighted by molar-refractivity contribution is 0.00528. The Morgan fingerprint density at radius 3 is 2.53 bits per heavy atom. The summed E-state index contributed by atoms with van der Waals surface area (Å²) < 4.78 is 31.8. The van der Waals surface area contributed by atoms with E-state index < -0.39 is 12.5 Å². The number of nitrogens with two attached hydrogens (primary N) is 1. The zero-order chi connectivity index (χ0) is 11.5. The van der Waals surface area contributed by atoms with Crippen LogP contribution < -0.4 is 10.5 Å². The molecule has 0 atom stereocenters. The molecule has 0 saturated carbocycles. The largest absolute Gasteiger partial charge is 0.494 e. The SMILES string of the molecule is CCOc1ccc(C(F)(F)CN)c(C)c1. The molecule has 0 aliphatic heterocycles. The Balaban J connectivity index is 3.03. The van der Waals surface area contributed by atoms with Crippen LogP contribution in [0.15, 0.2) is 18.2 Å². The summed E-state index contributed by atoms with van der Waals surface area (Å²) in [7, 11) is 0. The Morgan fingerprint density at radius 2 is 2.07 bits per heavy atom. The second-order valence-corrected chi connectivity index (χ2v) is 3.32. The van der Waals surface area contributed by atoms with E-state index in [1.165, 1.54) is 12.1 Å². The molecule has 1 aromatic carbocycles. The van der Waals surface area contributed by atoms with Crippen molar-refractivity contribution in [3.63, 3.8) is 0 Å². The zero-order valence-corrected chi connectivity index (χ0v) is 8.89. The lowest BCUT2D eigenvalue weighted by atomic mass is 10.0. The first-order valence-corrected chi connectivity index (χ1v) is 4.83. The van der Waals surface area contributed by atoms with Gasteiger partial charge in [0.15, 0.2) is 0 Å². The van der Waals surface area contributed by atoms with Crippen molar-refractivity contribution in [3.05, 3.63) is 29.3 Å². The summed E-state index contributed by atoms with van der Waals surface area (Å²) in [6, 6.07) is 4.50. The van der Waals surface area contributed by atoms with Gasteiger partial charge >= 0.3 is 0 Å². The standard InChI is InChI=1S/C11H15F2NO/c1-3-15-9-4-5-10(8(2)6-9)11(12,13)7-14/h4-6H,3,7,14H2,1-2H3. The van der Waals surface area contributed by atoms with Crippen molar-refractivity contribution in [2.45, 2.75) is 19.8 Å². The van der Waals surface area contributed by atoms with Crippen LogP contribution in [0, 0.1) is 6.92 Å². The van der Waals surface area contributed by atoms with Crippen molar-refractivity contribution in [1.82, 2.24) is 0 Å². The molecule has 0 spiro atoms. The van der Waals surface area contributed by atoms with Crippen LogP contribution in [0.4, 0.5) is 8.78 Å². The average Bonchev–Trinajstić information content (AvgIpc) is 2.18. The predicted molar refractivity (Wildman–Crippen MR) is 55.3 cm³/mol. The van der Waals surface area contributed by atoms with Gasteiger partial charge in [-0.05, 0) is 37.6 Å². The van der Waals surface area contributed by atoms with Gasteiger partial charge in [0.1, 0.15) is 5.75 Å². The second kappa shape index (κ2) is 4.57. The van der Waals surface area contributed by atoms with Gasteiger partial charge in [0, 0.05) is 5.56 Å². The highest BCUT2D eigenvalue weighted by atomic mass is 19.3. The molecule has 15 heavy (non-hydrogen) atoms. The molecular formula is C11H15F2NO. The van der Waals surface area contributed by atoms with E-state index in [1.54, 1.807) is 13.0 Å². The molecule has 2 N–H and O–H groups in total. The number of hydrogen-bond donors (Lipinski definition) is 1. The monoisotopic (exact) mass is 215 g/mol. The van der Waals surface area contributed by atoms with Crippen molar-refractivity contribution in [2.75, 3.05) is 13.2 Å². The minimum Gasteiger partial charge on any atom is -0.494 e. The van der Waals surface area contributed by atoms with Gasteiger partial charge in [0.05, 0.1) is 13.2 Å². The third kappa shape index (κ3) is 2.65. The normalized spacial score (nSPS) is 11.5. The lowest BCUT2D eigenvalue weighted by Gasteiger charge is -2.17. The molecule has 2 nitrogen and oxygen atoms in total. The summed E-state index contributed by atoms with van der Waals surface area (Å²) in [5, 5.41) is 0. The van der Waals surface area contributed by atoms with Crippen LogP contribution in [0.2, 0.25) is 0 Å². The van der Waals surface area contributed by atoms with Gasteiger partial charge in [-0.1, -0.05) is 0 Å². The van der Waals surface area contributed by atoms with Crippen molar-refractivity contribution >= 4 is 0 Å².